The lowest BCUT2D eigenvalue weighted by Gasteiger charge is -2.17. The third-order valence-electron chi connectivity index (χ3n) is 11.4. The molecule has 0 fully saturated rings. The molecule has 0 aromatic carbocycles. The molecule has 0 spiro atoms. The maximum Gasteiger partial charge on any atom is 0.257 e. The van der Waals surface area contributed by atoms with Gasteiger partial charge in [0.15, 0.2) is 0 Å². The smallest absolute Gasteiger partial charge is 0.247 e. The number of unbranched alkanes of at least 4 members (excludes halogenated alkanes) is 31. The van der Waals surface area contributed by atoms with Crippen LogP contribution in [-0.2, 0) is 0 Å². The lowest BCUT2D eigenvalue weighted by atomic mass is 9.93. The van der Waals surface area contributed by atoms with Crippen molar-refractivity contribution < 1.29 is 4.57 Å². The largest absolute Gasteiger partial charge is 0.257 e. The Balaban J connectivity index is 2.25. The Morgan fingerprint density at radius 2 is 0.667 bits per heavy atom. The highest BCUT2D eigenvalue weighted by Crippen LogP contribution is 2.27. The average molecular weight is 672 g/mol. The van der Waals surface area contributed by atoms with Crippen molar-refractivity contribution in [2.45, 2.75) is 277 Å². The van der Waals surface area contributed by atoms with Crippen molar-refractivity contribution in [2.24, 2.45) is 0 Å². The second-order valence-electron chi connectivity index (χ2n) is 16.1. The molecule has 0 saturated carbocycles. The number of imidazole rings is 1. The Labute approximate surface area is 304 Å². The van der Waals surface area contributed by atoms with Crippen LogP contribution in [0.5, 0.6) is 0 Å². The molecular formula is C46H91N2+. The highest BCUT2D eigenvalue weighted by atomic mass is 15.1. The molecule has 0 bridgehead atoms. The molecule has 0 saturated heterocycles. The van der Waals surface area contributed by atoms with Crippen molar-refractivity contribution >= 4 is 0 Å². The zero-order chi connectivity index (χ0) is 34.6. The van der Waals surface area contributed by atoms with E-state index in [1.807, 2.05) is 0 Å². The topological polar surface area (TPSA) is 19.7 Å². The molecule has 1 rings (SSSR count). The number of rotatable bonds is 39. The number of hydrogen-bond donors (Lipinski definition) is 1. The minimum absolute atomic E-state index is 0.618. The molecule has 0 aliphatic heterocycles. The Bertz CT molecular complexity index is 738. The number of nitrogens with zero attached hydrogens (tertiary/aromatic N) is 1. The lowest BCUT2D eigenvalue weighted by molar-refractivity contribution is -0.727. The van der Waals surface area contributed by atoms with Crippen LogP contribution in [0.4, 0.5) is 0 Å². The minimum atomic E-state index is 0.618. The average Bonchev–Trinajstić information content (AvgIpc) is 3.59. The summed E-state index contributed by atoms with van der Waals surface area (Å²) in [4.78, 5) is 3.76. The summed E-state index contributed by atoms with van der Waals surface area (Å²) in [5.41, 5.74) is 0. The molecule has 1 heterocycles. The van der Waals surface area contributed by atoms with Gasteiger partial charge in [-0.3, -0.25) is 0 Å². The third kappa shape index (κ3) is 27.0. The fraction of sp³-hybridized carbons (Fsp3) is 0.935. The van der Waals surface area contributed by atoms with Crippen molar-refractivity contribution in [1.82, 2.24) is 4.98 Å². The van der Waals surface area contributed by atoms with Crippen molar-refractivity contribution in [1.29, 1.82) is 0 Å². The van der Waals surface area contributed by atoms with Crippen LogP contribution in [-0.4, -0.2) is 4.98 Å². The summed E-state index contributed by atoms with van der Waals surface area (Å²) in [5.74, 6) is 2.25. The van der Waals surface area contributed by atoms with Gasteiger partial charge in [-0.1, -0.05) is 233 Å². The molecular weight excluding hydrogens is 581 g/mol. The van der Waals surface area contributed by atoms with Gasteiger partial charge in [0.25, 0.3) is 5.82 Å². The van der Waals surface area contributed by atoms with Crippen molar-refractivity contribution in [2.75, 3.05) is 0 Å². The standard InChI is InChI=1S/C46H90N2/c1-5-8-11-14-16-18-20-22-24-25-27-29-31-34-36-39-44(4)48-43-42-47-46(48)45(40-37-33-13-10-7-3)41-38-35-32-30-28-26-23-21-19-17-15-12-9-6-2/h42-45H,5-41H2,1-4H3/p+1. The van der Waals surface area contributed by atoms with Crippen LogP contribution in [0.15, 0.2) is 12.4 Å². The number of nitrogens with one attached hydrogen (secondary N) is 1. The van der Waals surface area contributed by atoms with Gasteiger partial charge in [0.05, 0.1) is 12.0 Å². The van der Waals surface area contributed by atoms with E-state index in [1.54, 1.807) is 0 Å². The second kappa shape index (κ2) is 36.0. The number of H-pyrrole nitrogens is 1. The normalized spacial score (nSPS) is 13.0. The molecule has 1 aromatic heterocycles. The summed E-state index contributed by atoms with van der Waals surface area (Å²) in [6.45, 7) is 9.44. The first-order valence-electron chi connectivity index (χ1n) is 22.8. The van der Waals surface area contributed by atoms with Gasteiger partial charge >= 0.3 is 0 Å². The molecule has 2 heteroatoms. The predicted molar refractivity (Wildman–Crippen MR) is 216 cm³/mol. The molecule has 0 amide bonds. The summed E-state index contributed by atoms with van der Waals surface area (Å²) in [6, 6.07) is 0.618. The number of hydrogen-bond acceptors (Lipinski definition) is 0. The maximum absolute atomic E-state index is 3.76. The number of aromatic amines is 1. The van der Waals surface area contributed by atoms with E-state index >= 15 is 0 Å². The van der Waals surface area contributed by atoms with Crippen LogP contribution in [0.2, 0.25) is 0 Å². The summed E-state index contributed by atoms with van der Waals surface area (Å²) in [5, 5.41) is 0. The van der Waals surface area contributed by atoms with Gasteiger partial charge in [-0.05, 0) is 32.6 Å². The molecule has 48 heavy (non-hydrogen) atoms. The first kappa shape index (κ1) is 45.2. The highest BCUT2D eigenvalue weighted by molar-refractivity contribution is 4.90. The Kier molecular flexibility index (Phi) is 33.9. The number of aromatic nitrogens is 2. The lowest BCUT2D eigenvalue weighted by Crippen LogP contribution is -2.41. The maximum atomic E-state index is 3.76. The minimum Gasteiger partial charge on any atom is -0.247 e. The van der Waals surface area contributed by atoms with Gasteiger partial charge in [0.2, 0.25) is 0 Å². The second-order valence-corrected chi connectivity index (χ2v) is 16.1. The summed E-state index contributed by atoms with van der Waals surface area (Å²) in [6.07, 6.45) is 57.6. The Hall–Kier alpha value is -0.790. The van der Waals surface area contributed by atoms with Crippen molar-refractivity contribution in [3.05, 3.63) is 18.2 Å². The van der Waals surface area contributed by atoms with E-state index in [2.05, 4.69) is 49.6 Å². The monoisotopic (exact) mass is 672 g/mol. The molecule has 0 aliphatic carbocycles. The first-order chi connectivity index (χ1) is 23.7. The van der Waals surface area contributed by atoms with Crippen molar-refractivity contribution in [3.63, 3.8) is 0 Å². The van der Waals surface area contributed by atoms with Crippen molar-refractivity contribution in [3.8, 4) is 0 Å². The third-order valence-corrected chi connectivity index (χ3v) is 11.4. The zero-order valence-electron chi connectivity index (χ0n) is 33.9. The molecule has 2 nitrogen and oxygen atoms in total. The van der Waals surface area contributed by atoms with E-state index in [-0.39, 0.29) is 0 Å². The Morgan fingerprint density at radius 3 is 0.979 bits per heavy atom. The van der Waals surface area contributed by atoms with Crippen LogP contribution >= 0.6 is 0 Å². The van der Waals surface area contributed by atoms with Gasteiger partial charge < -0.3 is 0 Å². The van der Waals surface area contributed by atoms with Gasteiger partial charge in [0.1, 0.15) is 12.4 Å². The van der Waals surface area contributed by atoms with E-state index in [0.29, 0.717) is 12.0 Å². The van der Waals surface area contributed by atoms with Crippen LogP contribution in [0.3, 0.4) is 0 Å². The van der Waals surface area contributed by atoms with E-state index in [0.717, 1.165) is 0 Å². The summed E-state index contributed by atoms with van der Waals surface area (Å²) in [7, 11) is 0. The van der Waals surface area contributed by atoms with E-state index in [1.165, 1.54) is 243 Å². The van der Waals surface area contributed by atoms with Gasteiger partial charge in [-0.25, -0.2) is 9.55 Å². The van der Waals surface area contributed by atoms with Gasteiger partial charge in [-0.15, -0.1) is 0 Å². The van der Waals surface area contributed by atoms with E-state index < -0.39 is 0 Å². The van der Waals surface area contributed by atoms with Crippen LogP contribution in [0.25, 0.3) is 0 Å². The molecule has 1 N–H and O–H groups in total. The first-order valence-corrected chi connectivity index (χ1v) is 22.8. The summed E-state index contributed by atoms with van der Waals surface area (Å²) < 4.78 is 2.64. The summed E-state index contributed by atoms with van der Waals surface area (Å²) >= 11 is 0. The fourth-order valence-corrected chi connectivity index (χ4v) is 8.02. The quantitative estimate of drug-likeness (QED) is 0.0531. The van der Waals surface area contributed by atoms with Gasteiger partial charge in [0, 0.05) is 0 Å². The molecule has 2 atom stereocenters. The molecule has 0 aliphatic rings. The molecule has 2 unspecified atom stereocenters. The molecule has 284 valence electrons. The van der Waals surface area contributed by atoms with Gasteiger partial charge in [-0.2, -0.15) is 0 Å². The van der Waals surface area contributed by atoms with Crippen LogP contribution in [0.1, 0.15) is 283 Å². The van der Waals surface area contributed by atoms with E-state index in [4.69, 9.17) is 0 Å². The molecule has 1 aromatic rings. The SMILES string of the molecule is CCCCCCCCCCCCCCCCCC(C)[n+]1cc[nH]c1C(CCCCCCC)CCCCCCCCCCCCCCCC. The zero-order valence-corrected chi connectivity index (χ0v) is 33.9. The molecule has 0 radical (unpaired) electrons. The Morgan fingerprint density at radius 1 is 0.396 bits per heavy atom. The highest BCUT2D eigenvalue weighted by Gasteiger charge is 2.25. The predicted octanol–water partition coefficient (Wildman–Crippen LogP) is 16.4. The van der Waals surface area contributed by atoms with Crippen LogP contribution < -0.4 is 4.57 Å². The van der Waals surface area contributed by atoms with Crippen LogP contribution in [0, 0.1) is 0 Å². The van der Waals surface area contributed by atoms with E-state index in [9.17, 15) is 0 Å². The fourth-order valence-electron chi connectivity index (χ4n) is 8.02.